The first kappa shape index (κ1) is 91.8. The molecule has 0 bridgehead atoms. The molecule has 103 heavy (non-hydrogen) atoms. The zero-order valence-electron chi connectivity index (χ0n) is 63.9. The summed E-state index contributed by atoms with van der Waals surface area (Å²) in [6.45, 7) is 4.63. The molecule has 2 aromatic rings. The predicted octanol–water partition coefficient (Wildman–Crippen LogP) is 4.67. The van der Waals surface area contributed by atoms with E-state index >= 15 is 0 Å². The van der Waals surface area contributed by atoms with Gasteiger partial charge in [0.2, 0.25) is 35.4 Å². The van der Waals surface area contributed by atoms with Gasteiger partial charge >= 0.3 is 12.2 Å². The lowest BCUT2D eigenvalue weighted by atomic mass is 10.0. The summed E-state index contributed by atoms with van der Waals surface area (Å²) in [5.74, 6) is -1.39. The average Bonchev–Trinajstić information content (AvgIpc) is 0.848. The maximum atomic E-state index is 14.7. The standard InChI is InChI=1S/C72H121N15O14S2/c1-54(88)47-62(69(96)76-37-24-41-84(12)71(98)100-53-55-32-34-58(35-33-55)101-72(99)85(13)45-44-79(2)3)86(14)66(93)31-22-17-23-46-102-103-63-36-40-73-48-59(63)70(97)87(42-25-38-74-67(94)60(77-64(91)51-82(8)9)29-20-15-18-27-56(89)49-80(4)5)43-26-39-75-68(95)61(78-65(92)52-83(10)11)30-21-16-19-28-57(90)50-81(6)7/h32-36,40,48,60-62H,15-31,37-39,41-47,49-53H2,1-14H3,(H,74,94)(H,75,95)(H,76,96)(H,77,91)(H,78,92)/t60-,61-,62-/m0/s1. The van der Waals surface area contributed by atoms with Crippen molar-refractivity contribution in [1.82, 2.24) is 75.7 Å². The van der Waals surface area contributed by atoms with Gasteiger partial charge in [-0.25, -0.2) is 9.59 Å². The Kier molecular flexibility index (Phi) is 46.9. The summed E-state index contributed by atoms with van der Waals surface area (Å²) in [5, 5.41) is 14.5. The summed E-state index contributed by atoms with van der Waals surface area (Å²) < 4.78 is 10.9. The molecule has 1 aromatic carbocycles. The topological polar surface area (TPSA) is 326 Å². The van der Waals surface area contributed by atoms with Crippen molar-refractivity contribution >= 4 is 92.5 Å². The lowest BCUT2D eigenvalue weighted by Crippen LogP contribution is -2.49. The fourth-order valence-electron chi connectivity index (χ4n) is 10.5. The fourth-order valence-corrected chi connectivity index (χ4v) is 12.8. The lowest BCUT2D eigenvalue weighted by Gasteiger charge is -2.27. The van der Waals surface area contributed by atoms with Crippen molar-refractivity contribution in [2.45, 2.75) is 152 Å². The van der Waals surface area contributed by atoms with Crippen LogP contribution in [0.4, 0.5) is 9.59 Å². The van der Waals surface area contributed by atoms with E-state index in [1.807, 2.05) is 57.0 Å². The molecule has 1 heterocycles. The predicted molar refractivity (Wildman–Crippen MR) is 402 cm³/mol. The van der Waals surface area contributed by atoms with E-state index in [0.29, 0.717) is 150 Å². The van der Waals surface area contributed by atoms with Gasteiger partial charge in [0.15, 0.2) is 0 Å². The number of rotatable bonds is 55. The second kappa shape index (κ2) is 52.6. The third-order valence-corrected chi connectivity index (χ3v) is 18.6. The number of carbonyl (C=O) groups is 12. The van der Waals surface area contributed by atoms with Crippen LogP contribution in [0.1, 0.15) is 138 Å². The summed E-state index contributed by atoms with van der Waals surface area (Å²) in [6, 6.07) is 5.75. The Hall–Kier alpha value is -7.29. The number of benzene rings is 1. The molecule has 1 aromatic heterocycles. The van der Waals surface area contributed by atoms with Crippen molar-refractivity contribution < 1.29 is 67.0 Å². The van der Waals surface area contributed by atoms with Gasteiger partial charge in [-0.15, -0.1) is 0 Å². The number of nitrogens with one attached hydrogen (secondary N) is 5. The second-order valence-electron chi connectivity index (χ2n) is 27.4. The van der Waals surface area contributed by atoms with E-state index in [1.54, 1.807) is 93.5 Å². The van der Waals surface area contributed by atoms with E-state index in [2.05, 4.69) is 31.6 Å². The number of Topliss-reactive ketones (excluding diaryl/α,β-unsaturated/α-hetero) is 3. The van der Waals surface area contributed by atoms with Crippen molar-refractivity contribution in [2.75, 3.05) is 176 Å². The molecule has 0 radical (unpaired) electrons. The number of hydrogen-bond donors (Lipinski definition) is 5. The molecule has 3 atom stereocenters. The quantitative estimate of drug-likeness (QED) is 0.0444. The summed E-state index contributed by atoms with van der Waals surface area (Å²) in [6.07, 6.45) is 10.6. The summed E-state index contributed by atoms with van der Waals surface area (Å²) in [7, 11) is 25.9. The van der Waals surface area contributed by atoms with Crippen molar-refractivity contribution in [3.8, 4) is 5.75 Å². The molecule has 0 aliphatic rings. The lowest BCUT2D eigenvalue weighted by molar-refractivity contribution is -0.140. The summed E-state index contributed by atoms with van der Waals surface area (Å²) in [5.41, 5.74) is 1.04. The molecule has 0 saturated carbocycles. The molecule has 29 nitrogen and oxygen atoms in total. The SMILES string of the molecule is CC(=O)C[C@@H](C(=O)NCCCN(C)C(=O)OCc1ccc(OC(=O)N(C)CCN(C)C)cc1)N(C)C(=O)CCCCCSSc1ccncc1C(=O)N(CCCNC(=O)[C@H](CCCCCC(=O)CN(C)C)NC(=O)CN(C)C)CCCNC(=O)[C@H](CCCCCC(=O)CN(C)C)NC(=O)CN(C)C. The monoisotopic (exact) mass is 1480 g/mol. The molecule has 9 amide bonds. The number of amides is 9. The Morgan fingerprint density at radius 1 is 0.495 bits per heavy atom. The Balaban J connectivity index is 2.08. The van der Waals surface area contributed by atoms with Gasteiger partial charge in [0.25, 0.3) is 5.91 Å². The highest BCUT2D eigenvalue weighted by Crippen LogP contribution is 2.34. The largest absolute Gasteiger partial charge is 0.445 e. The van der Waals surface area contributed by atoms with Crippen LogP contribution in [-0.2, 0) is 54.5 Å². The van der Waals surface area contributed by atoms with E-state index < -0.39 is 36.2 Å². The number of ketones is 3. The molecular formula is C72H121N15O14S2. The van der Waals surface area contributed by atoms with Crippen molar-refractivity contribution in [3.63, 3.8) is 0 Å². The molecule has 2 rings (SSSR count). The molecule has 5 N–H and O–H groups in total. The van der Waals surface area contributed by atoms with Crippen LogP contribution in [0, 0.1) is 0 Å². The second-order valence-corrected chi connectivity index (χ2v) is 29.9. The molecular weight excluding hydrogens is 1360 g/mol. The third kappa shape index (κ3) is 42.3. The first-order valence-electron chi connectivity index (χ1n) is 35.7. The zero-order valence-corrected chi connectivity index (χ0v) is 65.5. The number of likely N-dealkylation sites (N-methyl/N-ethyl adjacent to an activating group) is 7. The number of pyridine rings is 1. The van der Waals surface area contributed by atoms with Crippen molar-refractivity contribution in [3.05, 3.63) is 53.9 Å². The Morgan fingerprint density at radius 3 is 1.49 bits per heavy atom. The average molecular weight is 1480 g/mol. The molecule has 31 heteroatoms. The molecule has 0 unspecified atom stereocenters. The Bertz CT molecular complexity index is 2860. The third-order valence-electron chi connectivity index (χ3n) is 16.1. The Morgan fingerprint density at radius 2 is 0.981 bits per heavy atom. The number of carbonyl (C=O) groups excluding carboxylic acids is 12. The minimum atomic E-state index is -1.03. The van der Waals surface area contributed by atoms with E-state index in [9.17, 15) is 57.5 Å². The minimum Gasteiger partial charge on any atom is -0.445 e. The van der Waals surface area contributed by atoms with Crippen LogP contribution in [-0.4, -0.2) is 314 Å². The number of aromatic nitrogens is 1. The van der Waals surface area contributed by atoms with E-state index in [1.165, 1.54) is 56.5 Å². The van der Waals surface area contributed by atoms with E-state index in [4.69, 9.17) is 9.47 Å². The molecule has 580 valence electrons. The van der Waals surface area contributed by atoms with Gasteiger partial charge in [0.1, 0.15) is 47.8 Å². The number of nitrogens with zero attached hydrogens (tertiary/aromatic N) is 10. The summed E-state index contributed by atoms with van der Waals surface area (Å²) >= 11 is 0. The summed E-state index contributed by atoms with van der Waals surface area (Å²) in [4.78, 5) is 177. The molecule has 0 fully saturated rings. The Labute approximate surface area is 619 Å². The molecule has 0 saturated heterocycles. The molecule has 0 spiro atoms. The number of unbranched alkanes of at least 4 members (excludes halogenated alkanes) is 6. The minimum absolute atomic E-state index is 0.0176. The normalized spacial score (nSPS) is 12.1. The van der Waals surface area contributed by atoms with Crippen LogP contribution in [0.3, 0.4) is 0 Å². The maximum absolute atomic E-state index is 14.7. The molecule has 0 aliphatic carbocycles. The van der Waals surface area contributed by atoms with Crippen LogP contribution in [0.2, 0.25) is 0 Å². The number of ether oxygens (including phenoxy) is 2. The number of hydrogen-bond acceptors (Lipinski definition) is 22. The van der Waals surface area contributed by atoms with Gasteiger partial charge in [-0.1, -0.05) is 65.8 Å². The van der Waals surface area contributed by atoms with Crippen molar-refractivity contribution in [2.24, 2.45) is 0 Å². The van der Waals surface area contributed by atoms with Crippen molar-refractivity contribution in [1.29, 1.82) is 0 Å². The zero-order chi connectivity index (χ0) is 76.8. The highest BCUT2D eigenvalue weighted by atomic mass is 33.1. The van der Waals surface area contributed by atoms with Gasteiger partial charge in [0.05, 0.1) is 31.7 Å². The van der Waals surface area contributed by atoms with Gasteiger partial charge in [-0.05, 0) is 159 Å². The van der Waals surface area contributed by atoms with Crippen LogP contribution in [0.5, 0.6) is 5.75 Å². The van der Waals surface area contributed by atoms with Gasteiger partial charge in [-0.2, -0.15) is 0 Å². The van der Waals surface area contributed by atoms with Gasteiger partial charge in [-0.3, -0.25) is 52.9 Å². The van der Waals surface area contributed by atoms with Crippen LogP contribution >= 0.6 is 21.6 Å². The molecule has 0 aliphatic heterocycles. The first-order chi connectivity index (χ1) is 48.9. The maximum Gasteiger partial charge on any atom is 0.415 e. The highest BCUT2D eigenvalue weighted by Gasteiger charge is 2.29. The van der Waals surface area contributed by atoms with Gasteiger partial charge < -0.3 is 80.2 Å². The smallest absolute Gasteiger partial charge is 0.415 e. The van der Waals surface area contributed by atoms with Crippen LogP contribution < -0.4 is 31.3 Å². The van der Waals surface area contributed by atoms with Crippen LogP contribution in [0.25, 0.3) is 0 Å². The van der Waals surface area contributed by atoms with E-state index in [0.717, 1.165) is 6.42 Å². The fraction of sp³-hybridized carbons (Fsp3) is 0.681. The van der Waals surface area contributed by atoms with E-state index in [-0.39, 0.29) is 125 Å². The van der Waals surface area contributed by atoms with Crippen LogP contribution in [0.15, 0.2) is 47.6 Å². The highest BCUT2D eigenvalue weighted by molar-refractivity contribution is 8.76. The van der Waals surface area contributed by atoms with Gasteiger partial charge in [0, 0.05) is 122 Å². The first-order valence-corrected chi connectivity index (χ1v) is 38.1.